The molecule has 4 aliphatic heterocycles. The number of nitrogens with one attached hydrogen (secondary N) is 1. The van der Waals surface area contributed by atoms with Crippen LogP contribution in [0.3, 0.4) is 0 Å². The monoisotopic (exact) mass is 921 g/mol. The molecule has 0 unspecified atom stereocenters. The van der Waals surface area contributed by atoms with Crippen molar-refractivity contribution in [3.63, 3.8) is 0 Å². The van der Waals surface area contributed by atoms with Gasteiger partial charge in [0.15, 0.2) is 18.9 Å². The van der Waals surface area contributed by atoms with Crippen LogP contribution >= 0.6 is 0 Å². The number of rotatable bonds is 13. The van der Waals surface area contributed by atoms with E-state index in [0.29, 0.717) is 18.4 Å². The highest BCUT2D eigenvalue weighted by Gasteiger charge is 2.68. The van der Waals surface area contributed by atoms with Crippen LogP contribution in [-0.2, 0) is 57.1 Å². The maximum absolute atomic E-state index is 13.3. The number of amides is 1. The molecular formula is C47H71NO17. The van der Waals surface area contributed by atoms with Gasteiger partial charge in [-0.05, 0) is 113 Å². The molecule has 8 rings (SSSR count). The second-order valence-electron chi connectivity index (χ2n) is 20.9. The summed E-state index contributed by atoms with van der Waals surface area (Å²) in [5.41, 5.74) is -0.0607. The molecule has 0 aromatic heterocycles. The van der Waals surface area contributed by atoms with Gasteiger partial charge in [0.25, 0.3) is 0 Å². The largest absolute Gasteiger partial charge is 0.480 e. The third-order valence-corrected chi connectivity index (χ3v) is 17.1. The van der Waals surface area contributed by atoms with Crippen molar-refractivity contribution in [2.45, 2.75) is 210 Å². The Kier molecular flexibility index (Phi) is 14.5. The molecule has 18 nitrogen and oxygen atoms in total. The average Bonchev–Trinajstić information content (AvgIpc) is 3.79. The lowest BCUT2D eigenvalue weighted by molar-refractivity contribution is -0.336. The fraction of sp³-hybridized carbons (Fsp3) is 0.872. The molecule has 8 aliphatic rings. The maximum atomic E-state index is 13.3. The van der Waals surface area contributed by atoms with Crippen LogP contribution in [-0.4, -0.2) is 148 Å². The molecule has 0 aromatic rings. The van der Waals surface area contributed by atoms with Crippen molar-refractivity contribution < 1.29 is 82.6 Å². The number of carboxylic acid groups (broad SMARTS) is 1. The van der Waals surface area contributed by atoms with E-state index in [2.05, 4.69) is 19.2 Å². The Balaban J connectivity index is 0.897. The summed E-state index contributed by atoms with van der Waals surface area (Å²) in [7, 11) is 0. The fourth-order valence-electron chi connectivity index (χ4n) is 13.6. The van der Waals surface area contributed by atoms with Gasteiger partial charge in [-0.15, -0.1) is 0 Å². The van der Waals surface area contributed by atoms with Crippen molar-refractivity contribution in [2.75, 3.05) is 13.2 Å². The number of hydrogen-bond acceptors (Lipinski definition) is 16. The molecule has 0 radical (unpaired) electrons. The lowest BCUT2D eigenvalue weighted by Gasteiger charge is -2.64. The molecule has 366 valence electrons. The number of fused-ring (bicyclic) bond motifs is 5. The van der Waals surface area contributed by atoms with Gasteiger partial charge < -0.3 is 68.7 Å². The second-order valence-corrected chi connectivity index (χ2v) is 20.9. The first-order valence-corrected chi connectivity index (χ1v) is 24.0. The van der Waals surface area contributed by atoms with Crippen LogP contribution in [0.5, 0.6) is 0 Å². The van der Waals surface area contributed by atoms with E-state index in [4.69, 9.17) is 43.0 Å². The van der Waals surface area contributed by atoms with Crippen LogP contribution in [0.25, 0.3) is 0 Å². The SMILES string of the molecule is C[C@H]1O[C@@H](O[C@H]2[C@@H](O)C[C@H](O[C@H]3[C@@H](OC(=O)CCC(=O)NCC(=O)O)C[C@H](O[C@H]4CC[C@@]5(C)[C@H](CC[C@@H]6[C@@H]5CC[C@]5(C)[C@@H](C7=CC(=O)OC7)CC[C@]65O)C4)O[C@@H]3C)O[C@@H]2C)C[C@H](O)[C@@H]1O. The summed E-state index contributed by atoms with van der Waals surface area (Å²) in [6.45, 7) is 9.53. The van der Waals surface area contributed by atoms with Crippen molar-refractivity contribution >= 4 is 23.8 Å². The Hall–Kier alpha value is -2.78. The zero-order valence-corrected chi connectivity index (χ0v) is 38.3. The summed E-state index contributed by atoms with van der Waals surface area (Å²) in [6.07, 6.45) is -1.31. The summed E-state index contributed by atoms with van der Waals surface area (Å²) in [4.78, 5) is 48.5. The number of carboxylic acids is 1. The maximum Gasteiger partial charge on any atom is 0.331 e. The number of carbonyl (C=O) groups is 4. The van der Waals surface area contributed by atoms with Crippen LogP contribution < -0.4 is 5.32 Å². The topological polar surface area (TPSA) is 255 Å². The third-order valence-electron chi connectivity index (χ3n) is 17.1. The van der Waals surface area contributed by atoms with E-state index in [-0.39, 0.29) is 66.8 Å². The first kappa shape index (κ1) is 48.7. The molecule has 0 aromatic carbocycles. The van der Waals surface area contributed by atoms with Gasteiger partial charge in [-0.2, -0.15) is 0 Å². The van der Waals surface area contributed by atoms with Gasteiger partial charge in [0, 0.05) is 37.2 Å². The van der Waals surface area contributed by atoms with E-state index in [1.807, 2.05) is 0 Å². The van der Waals surface area contributed by atoms with Gasteiger partial charge in [0.1, 0.15) is 37.6 Å². The van der Waals surface area contributed by atoms with Crippen LogP contribution in [0.2, 0.25) is 0 Å². The highest BCUT2D eigenvalue weighted by atomic mass is 16.7. The van der Waals surface area contributed by atoms with Crippen molar-refractivity contribution in [3.05, 3.63) is 11.6 Å². The summed E-state index contributed by atoms with van der Waals surface area (Å²) in [5.74, 6) is -1.72. The quantitative estimate of drug-likeness (QED) is 0.115. The Bertz CT molecular complexity index is 1770. The Morgan fingerprint density at radius 3 is 2.12 bits per heavy atom. The molecule has 18 heteroatoms. The van der Waals surface area contributed by atoms with Crippen LogP contribution in [0.4, 0.5) is 0 Å². The van der Waals surface area contributed by atoms with Gasteiger partial charge in [-0.25, -0.2) is 4.79 Å². The molecule has 0 spiro atoms. The molecule has 20 atom stereocenters. The number of aliphatic carboxylic acids is 1. The number of cyclic esters (lactones) is 1. The van der Waals surface area contributed by atoms with Gasteiger partial charge in [-0.3, -0.25) is 14.4 Å². The first-order valence-electron chi connectivity index (χ1n) is 24.0. The Morgan fingerprint density at radius 2 is 1.45 bits per heavy atom. The van der Waals surface area contributed by atoms with E-state index in [1.54, 1.807) is 26.8 Å². The minimum absolute atomic E-state index is 0.00855. The number of hydrogen-bond donors (Lipinski definition) is 6. The van der Waals surface area contributed by atoms with E-state index in [1.165, 1.54) is 0 Å². The lowest BCUT2D eigenvalue weighted by atomic mass is 9.43. The van der Waals surface area contributed by atoms with Gasteiger partial charge in [0.05, 0.1) is 48.6 Å². The molecule has 7 fully saturated rings. The molecule has 4 aliphatic carbocycles. The molecule has 3 saturated heterocycles. The van der Waals surface area contributed by atoms with Gasteiger partial charge in [-0.1, -0.05) is 13.8 Å². The molecule has 0 bridgehead atoms. The van der Waals surface area contributed by atoms with Crippen molar-refractivity contribution in [1.29, 1.82) is 0 Å². The first-order chi connectivity index (χ1) is 30.8. The smallest absolute Gasteiger partial charge is 0.331 e. The van der Waals surface area contributed by atoms with E-state index in [9.17, 15) is 39.6 Å². The standard InChI is InChI=1S/C47H71NO17/c1-23-42(56)32(49)18-39(59-23)64-43-24(2)60-40(19-33(43)50)65-44-25(3)61-41(20-34(44)63-37(54)9-8-35(51)48-21-36(52)53)62-28-10-13-45(4)27(17-28)6-7-31-30(45)11-14-46(5)29(12-15-47(31,46)57)26-16-38(55)58-22-26/h16,23-25,27-34,39-44,49-50,56-57H,6-15,17-22H2,1-5H3,(H,48,51)(H,52,53)/t23-,24-,25-,27-,28+,29-,30+,31-,32+,33+,34+,39+,40+,41+,42-,43-,44-,45+,46-,47+/m1/s1. The second kappa shape index (κ2) is 19.3. The van der Waals surface area contributed by atoms with E-state index >= 15 is 0 Å². The van der Waals surface area contributed by atoms with Crippen LogP contribution in [0.1, 0.15) is 125 Å². The number of carbonyl (C=O) groups excluding carboxylic acids is 3. The summed E-state index contributed by atoms with van der Waals surface area (Å²) in [6, 6.07) is 0. The zero-order chi connectivity index (χ0) is 46.6. The summed E-state index contributed by atoms with van der Waals surface area (Å²) in [5, 5.41) is 55.4. The molecular weight excluding hydrogens is 851 g/mol. The minimum Gasteiger partial charge on any atom is -0.480 e. The number of aliphatic hydroxyl groups is 4. The predicted molar refractivity (Wildman–Crippen MR) is 225 cm³/mol. The molecule has 65 heavy (non-hydrogen) atoms. The number of ether oxygens (including phenoxy) is 8. The van der Waals surface area contributed by atoms with Crippen molar-refractivity contribution in [3.8, 4) is 0 Å². The fourth-order valence-corrected chi connectivity index (χ4v) is 13.6. The normalized spacial score (nSPS) is 47.4. The summed E-state index contributed by atoms with van der Waals surface area (Å²) >= 11 is 0. The molecule has 4 saturated carbocycles. The highest BCUT2D eigenvalue weighted by Crippen LogP contribution is 2.70. The minimum atomic E-state index is -1.21. The predicted octanol–water partition coefficient (Wildman–Crippen LogP) is 2.78. The van der Waals surface area contributed by atoms with E-state index < -0.39 is 104 Å². The summed E-state index contributed by atoms with van der Waals surface area (Å²) < 4.78 is 48.9. The van der Waals surface area contributed by atoms with Crippen molar-refractivity contribution in [1.82, 2.24) is 5.32 Å². The average molecular weight is 922 g/mol. The van der Waals surface area contributed by atoms with Crippen LogP contribution in [0.15, 0.2) is 11.6 Å². The lowest BCUT2D eigenvalue weighted by Crippen LogP contribution is -2.62. The highest BCUT2D eigenvalue weighted by molar-refractivity contribution is 5.85. The third kappa shape index (κ3) is 9.77. The Labute approximate surface area is 380 Å². The molecule has 6 N–H and O–H groups in total. The van der Waals surface area contributed by atoms with Gasteiger partial charge in [0.2, 0.25) is 5.91 Å². The zero-order valence-electron chi connectivity index (χ0n) is 38.3. The number of aliphatic hydroxyl groups excluding tert-OH is 3. The number of esters is 2. The molecule has 4 heterocycles. The molecule has 1 amide bonds. The van der Waals surface area contributed by atoms with Crippen LogP contribution in [0, 0.1) is 34.5 Å². The van der Waals surface area contributed by atoms with Crippen molar-refractivity contribution in [2.24, 2.45) is 34.5 Å². The van der Waals surface area contributed by atoms with Gasteiger partial charge >= 0.3 is 17.9 Å². The Morgan fingerprint density at radius 1 is 0.769 bits per heavy atom. The van der Waals surface area contributed by atoms with E-state index in [0.717, 1.165) is 63.4 Å².